The topological polar surface area (TPSA) is 43.6 Å². The summed E-state index contributed by atoms with van der Waals surface area (Å²) in [6.07, 6.45) is 0.879. The molecule has 0 bridgehead atoms. The van der Waals surface area contributed by atoms with Gasteiger partial charge < -0.3 is 4.57 Å². The highest BCUT2D eigenvalue weighted by atomic mass is 15.0. The Hall–Kier alpha value is -5.48. The fourth-order valence-electron chi connectivity index (χ4n) is 8.47. The van der Waals surface area contributed by atoms with Crippen LogP contribution in [0.5, 0.6) is 0 Å². The van der Waals surface area contributed by atoms with Crippen LogP contribution in [0.2, 0.25) is 0 Å². The molecule has 0 spiro atoms. The van der Waals surface area contributed by atoms with Crippen molar-refractivity contribution in [2.45, 2.75) is 6.42 Å². The summed E-state index contributed by atoms with van der Waals surface area (Å²) in [4.78, 5) is 15.3. The average molecular weight is 634 g/mol. The number of benzene rings is 6. The summed E-state index contributed by atoms with van der Waals surface area (Å²) >= 11 is 0. The Morgan fingerprint density at radius 2 is 0.820 bits per heavy atom. The molecular weight excluding hydrogens is 601 g/mol. The fraction of sp³-hybridized carbons (Fsp3) is 0.0250. The van der Waals surface area contributed by atoms with Crippen LogP contribution in [-0.4, -0.2) is 66.6 Å². The zero-order chi connectivity index (χ0) is 34.3. The molecule has 10 heteroatoms. The van der Waals surface area contributed by atoms with Crippen LogP contribution in [0.15, 0.2) is 109 Å². The standard InChI is InChI=1S/C40H32B6N4/c41-31-24-19-25-29(34(44)36(46)37(32(25)42)50-26-17-9-7-15-22(26)23-16-8-10-18-27(23)50)28(24)33(43)35(45)30(31)40-48-38(20-11-3-1-4-12-20)47-39(49-40)21-13-5-2-6-14-21/h1-18H,19,41-46H2. The number of nitrogens with zero attached hydrogens (tertiary/aromatic N) is 4. The molecule has 50 heavy (non-hydrogen) atoms. The van der Waals surface area contributed by atoms with Crippen molar-refractivity contribution >= 4 is 102 Å². The summed E-state index contributed by atoms with van der Waals surface area (Å²) < 4.78 is 2.50. The first kappa shape index (κ1) is 30.6. The molecule has 0 saturated carbocycles. The van der Waals surface area contributed by atoms with Gasteiger partial charge in [-0.15, -0.1) is 0 Å². The third-order valence-electron chi connectivity index (χ3n) is 11.2. The predicted octanol–water partition coefficient (Wildman–Crippen LogP) is -0.909. The molecule has 230 valence electrons. The number of aromatic nitrogens is 4. The van der Waals surface area contributed by atoms with Crippen LogP contribution >= 0.6 is 0 Å². The van der Waals surface area contributed by atoms with Gasteiger partial charge in [-0.05, 0) is 40.8 Å². The predicted molar refractivity (Wildman–Crippen MR) is 228 cm³/mol. The van der Waals surface area contributed by atoms with Crippen LogP contribution < -0.4 is 32.8 Å². The van der Waals surface area contributed by atoms with E-state index in [1.54, 1.807) is 0 Å². The van der Waals surface area contributed by atoms with E-state index in [4.69, 9.17) is 15.0 Å². The van der Waals surface area contributed by atoms with Crippen molar-refractivity contribution in [3.05, 3.63) is 120 Å². The Bertz CT molecular complexity index is 2580. The van der Waals surface area contributed by atoms with Crippen molar-refractivity contribution in [3.8, 4) is 51.0 Å². The van der Waals surface area contributed by atoms with Crippen LogP contribution in [0, 0.1) is 0 Å². The molecule has 2 aromatic heterocycles. The molecule has 4 nitrogen and oxygen atoms in total. The van der Waals surface area contributed by atoms with E-state index in [9.17, 15) is 0 Å². The Labute approximate surface area is 297 Å². The molecule has 0 N–H and O–H groups in total. The number of hydrogen-bond donors (Lipinski definition) is 0. The first-order chi connectivity index (χ1) is 24.3. The molecule has 0 unspecified atom stereocenters. The van der Waals surface area contributed by atoms with Gasteiger partial charge in [0.05, 0.1) is 11.0 Å². The molecule has 0 atom stereocenters. The van der Waals surface area contributed by atoms with Gasteiger partial charge in [-0.1, -0.05) is 130 Å². The molecule has 0 saturated heterocycles. The molecule has 1 aliphatic rings. The van der Waals surface area contributed by atoms with Crippen molar-refractivity contribution in [2.75, 3.05) is 0 Å². The first-order valence-corrected chi connectivity index (χ1v) is 17.4. The lowest BCUT2D eigenvalue weighted by Crippen LogP contribution is -2.40. The zero-order valence-corrected chi connectivity index (χ0v) is 29.4. The van der Waals surface area contributed by atoms with Gasteiger partial charge in [-0.2, -0.15) is 0 Å². The Kier molecular flexibility index (Phi) is 7.06. The van der Waals surface area contributed by atoms with Crippen LogP contribution in [0.4, 0.5) is 0 Å². The Morgan fingerprint density at radius 1 is 0.400 bits per heavy atom. The molecule has 0 fully saturated rings. The van der Waals surface area contributed by atoms with Crippen LogP contribution in [-0.2, 0) is 6.42 Å². The highest BCUT2D eigenvalue weighted by Gasteiger charge is 2.31. The number of fused-ring (bicyclic) bond motifs is 6. The minimum atomic E-state index is 0.688. The highest BCUT2D eigenvalue weighted by Crippen LogP contribution is 2.36. The zero-order valence-electron chi connectivity index (χ0n) is 29.4. The second kappa shape index (κ2) is 11.6. The summed E-state index contributed by atoms with van der Waals surface area (Å²) in [5, 5.41) is 2.58. The summed E-state index contributed by atoms with van der Waals surface area (Å²) in [5.41, 5.74) is 20.3. The fourth-order valence-corrected chi connectivity index (χ4v) is 8.47. The molecule has 9 rings (SSSR count). The largest absolute Gasteiger partial charge is 0.310 e. The van der Waals surface area contributed by atoms with Crippen LogP contribution in [0.1, 0.15) is 11.1 Å². The smallest absolute Gasteiger partial charge is 0.164 e. The molecule has 2 heterocycles. The van der Waals surface area contributed by atoms with Gasteiger partial charge in [0.2, 0.25) is 0 Å². The minimum Gasteiger partial charge on any atom is -0.310 e. The van der Waals surface area contributed by atoms with E-state index in [-0.39, 0.29) is 0 Å². The van der Waals surface area contributed by atoms with Gasteiger partial charge in [-0.3, -0.25) is 0 Å². The maximum atomic E-state index is 5.17. The average Bonchev–Trinajstić information content (AvgIpc) is 3.72. The van der Waals surface area contributed by atoms with E-state index in [1.165, 1.54) is 82.5 Å². The molecule has 0 aliphatic heterocycles. The third kappa shape index (κ3) is 4.44. The van der Waals surface area contributed by atoms with Gasteiger partial charge in [-0.25, -0.2) is 15.0 Å². The third-order valence-corrected chi connectivity index (χ3v) is 11.2. The summed E-state index contributed by atoms with van der Waals surface area (Å²) in [5.74, 6) is 2.10. The van der Waals surface area contributed by atoms with Gasteiger partial charge in [0, 0.05) is 33.2 Å². The Morgan fingerprint density at radius 3 is 1.36 bits per heavy atom. The van der Waals surface area contributed by atoms with Crippen molar-refractivity contribution in [1.29, 1.82) is 0 Å². The second-order valence-corrected chi connectivity index (χ2v) is 13.8. The van der Waals surface area contributed by atoms with Gasteiger partial charge in [0.1, 0.15) is 47.1 Å². The minimum absolute atomic E-state index is 0.688. The maximum Gasteiger partial charge on any atom is 0.164 e. The monoisotopic (exact) mass is 634 g/mol. The van der Waals surface area contributed by atoms with Crippen LogP contribution in [0.3, 0.4) is 0 Å². The summed E-state index contributed by atoms with van der Waals surface area (Å²) in [6, 6.07) is 38.1. The molecular formula is C40H32B6N4. The lowest BCUT2D eigenvalue weighted by Gasteiger charge is -2.23. The van der Waals surface area contributed by atoms with Crippen molar-refractivity contribution < 1.29 is 0 Å². The summed E-state index contributed by atoms with van der Waals surface area (Å²) in [7, 11) is 13.8. The van der Waals surface area contributed by atoms with E-state index in [0.29, 0.717) is 11.6 Å². The maximum absolute atomic E-state index is 5.17. The van der Waals surface area contributed by atoms with Crippen LogP contribution in [0.25, 0.3) is 72.8 Å². The number of hydrogen-bond acceptors (Lipinski definition) is 3. The highest BCUT2D eigenvalue weighted by molar-refractivity contribution is 6.60. The molecule has 0 amide bonds. The lowest BCUT2D eigenvalue weighted by molar-refractivity contribution is 1.08. The van der Waals surface area contributed by atoms with Gasteiger partial charge in [0.15, 0.2) is 17.5 Å². The molecule has 0 radical (unpaired) electrons. The SMILES string of the molecule is Bc1c(B)c2c(c(B)c1-c1nc(-c3ccccc3)nc(-c3ccccc3)n1)Cc1c(B)c(-n3c4ccccc4c4ccccc43)c(B)c(B)c1-2. The van der Waals surface area contributed by atoms with Crippen molar-refractivity contribution in [1.82, 2.24) is 19.5 Å². The van der Waals surface area contributed by atoms with Crippen molar-refractivity contribution in [2.24, 2.45) is 0 Å². The van der Waals surface area contributed by atoms with Gasteiger partial charge in [0.25, 0.3) is 0 Å². The van der Waals surface area contributed by atoms with E-state index < -0.39 is 0 Å². The molecule has 8 aromatic rings. The normalized spacial score (nSPS) is 12.0. The van der Waals surface area contributed by atoms with E-state index in [2.05, 4.69) is 124 Å². The van der Waals surface area contributed by atoms with E-state index in [1.807, 2.05) is 36.4 Å². The molecule has 1 aliphatic carbocycles. The summed E-state index contributed by atoms with van der Waals surface area (Å²) in [6.45, 7) is 0. The van der Waals surface area contributed by atoms with E-state index >= 15 is 0 Å². The second-order valence-electron chi connectivity index (χ2n) is 13.8. The van der Waals surface area contributed by atoms with Gasteiger partial charge >= 0.3 is 0 Å². The number of para-hydroxylation sites is 2. The van der Waals surface area contributed by atoms with Crippen molar-refractivity contribution in [3.63, 3.8) is 0 Å². The lowest BCUT2D eigenvalue weighted by atomic mass is 9.65. The van der Waals surface area contributed by atoms with E-state index in [0.717, 1.165) is 28.9 Å². The quantitative estimate of drug-likeness (QED) is 0.236. The number of rotatable bonds is 4. The first-order valence-electron chi connectivity index (χ1n) is 17.4. The Balaban J connectivity index is 1.27. The molecule has 6 aromatic carbocycles.